The number of rotatable bonds is 6. The predicted molar refractivity (Wildman–Crippen MR) is 105 cm³/mol. The van der Waals surface area contributed by atoms with Crippen molar-refractivity contribution >= 4 is 11.8 Å². The number of furan rings is 1. The quantitative estimate of drug-likeness (QED) is 0.591. The van der Waals surface area contributed by atoms with Gasteiger partial charge in [0, 0.05) is 30.0 Å². The SMILES string of the molecule is CCOCCOC(=O)C1=C(C)NC2=C(C(=O)CC(C)(C)C2)[C@H]1c1ccc(C)o1. The second kappa shape index (κ2) is 7.95. The van der Waals surface area contributed by atoms with Gasteiger partial charge in [-0.05, 0) is 44.7 Å². The van der Waals surface area contributed by atoms with Crippen molar-refractivity contribution < 1.29 is 23.5 Å². The summed E-state index contributed by atoms with van der Waals surface area (Å²) in [6.07, 6.45) is 1.18. The Morgan fingerprint density at radius 2 is 2.00 bits per heavy atom. The van der Waals surface area contributed by atoms with E-state index in [4.69, 9.17) is 13.9 Å². The van der Waals surface area contributed by atoms with Crippen LogP contribution in [0, 0.1) is 12.3 Å². The molecule has 1 aliphatic carbocycles. The van der Waals surface area contributed by atoms with Crippen LogP contribution < -0.4 is 5.32 Å². The number of dihydropyridines is 1. The molecule has 0 radical (unpaired) electrons. The molecule has 152 valence electrons. The molecule has 0 unspecified atom stereocenters. The van der Waals surface area contributed by atoms with Gasteiger partial charge in [-0.2, -0.15) is 0 Å². The van der Waals surface area contributed by atoms with Crippen molar-refractivity contribution in [3.8, 4) is 0 Å². The average Bonchev–Trinajstić information content (AvgIpc) is 3.02. The van der Waals surface area contributed by atoms with Crippen molar-refractivity contribution in [2.45, 2.75) is 53.4 Å². The Balaban J connectivity index is 1.99. The summed E-state index contributed by atoms with van der Waals surface area (Å²) in [5.74, 6) is 0.377. The molecule has 6 nitrogen and oxygen atoms in total. The molecule has 2 heterocycles. The first kappa shape index (κ1) is 20.4. The van der Waals surface area contributed by atoms with E-state index in [1.165, 1.54) is 0 Å². The van der Waals surface area contributed by atoms with Crippen LogP contribution in [-0.4, -0.2) is 31.6 Å². The summed E-state index contributed by atoms with van der Waals surface area (Å²) in [6, 6.07) is 3.69. The summed E-state index contributed by atoms with van der Waals surface area (Å²) in [5, 5.41) is 3.31. The lowest BCUT2D eigenvalue weighted by atomic mass is 9.69. The molecule has 1 aromatic heterocycles. The first-order valence-electron chi connectivity index (χ1n) is 9.78. The van der Waals surface area contributed by atoms with Crippen molar-refractivity contribution in [2.24, 2.45) is 5.41 Å². The Bertz CT molecular complexity index is 843. The normalized spacial score (nSPS) is 21.5. The highest BCUT2D eigenvalue weighted by atomic mass is 16.6. The first-order chi connectivity index (χ1) is 13.2. The van der Waals surface area contributed by atoms with Gasteiger partial charge in [0.1, 0.15) is 18.1 Å². The van der Waals surface area contributed by atoms with Gasteiger partial charge in [-0.15, -0.1) is 0 Å². The van der Waals surface area contributed by atoms with Crippen LogP contribution in [0.25, 0.3) is 0 Å². The maximum Gasteiger partial charge on any atom is 0.336 e. The van der Waals surface area contributed by atoms with Crippen LogP contribution in [0.15, 0.2) is 39.1 Å². The smallest absolute Gasteiger partial charge is 0.336 e. The van der Waals surface area contributed by atoms with Crippen LogP contribution in [0.3, 0.4) is 0 Å². The van der Waals surface area contributed by atoms with Gasteiger partial charge in [0.15, 0.2) is 5.78 Å². The summed E-state index contributed by atoms with van der Waals surface area (Å²) >= 11 is 0. The Hall–Kier alpha value is -2.34. The molecule has 0 bridgehead atoms. The van der Waals surface area contributed by atoms with Gasteiger partial charge in [-0.25, -0.2) is 4.79 Å². The predicted octanol–water partition coefficient (Wildman–Crippen LogP) is 3.77. The topological polar surface area (TPSA) is 77.8 Å². The number of hydrogen-bond acceptors (Lipinski definition) is 6. The lowest BCUT2D eigenvalue weighted by Crippen LogP contribution is -2.38. The number of Topliss-reactive ketones (excluding diaryl/α,β-unsaturated/α-hetero) is 1. The molecule has 0 saturated heterocycles. The Labute approximate surface area is 166 Å². The maximum atomic E-state index is 13.1. The van der Waals surface area contributed by atoms with Crippen LogP contribution in [0.1, 0.15) is 58.0 Å². The van der Waals surface area contributed by atoms with Gasteiger partial charge in [0.05, 0.1) is 18.1 Å². The lowest BCUT2D eigenvalue weighted by molar-refractivity contribution is -0.141. The minimum absolute atomic E-state index is 0.0462. The number of carbonyl (C=O) groups excluding carboxylic acids is 2. The summed E-state index contributed by atoms with van der Waals surface area (Å²) in [5.41, 5.74) is 2.50. The highest BCUT2D eigenvalue weighted by molar-refractivity contribution is 6.04. The molecular weight excluding hydrogens is 358 g/mol. The number of allylic oxidation sites excluding steroid dienone is 3. The fourth-order valence-corrected chi connectivity index (χ4v) is 4.02. The molecule has 28 heavy (non-hydrogen) atoms. The van der Waals surface area contributed by atoms with Crippen molar-refractivity contribution in [1.29, 1.82) is 0 Å². The van der Waals surface area contributed by atoms with E-state index < -0.39 is 11.9 Å². The zero-order valence-corrected chi connectivity index (χ0v) is 17.3. The molecule has 1 aliphatic heterocycles. The average molecular weight is 387 g/mol. The third kappa shape index (κ3) is 4.07. The third-order valence-electron chi connectivity index (χ3n) is 5.17. The fraction of sp³-hybridized carbons (Fsp3) is 0.545. The molecule has 3 rings (SSSR count). The lowest BCUT2D eigenvalue weighted by Gasteiger charge is -2.38. The van der Waals surface area contributed by atoms with Gasteiger partial charge in [0.25, 0.3) is 0 Å². The molecule has 0 aromatic carbocycles. The maximum absolute atomic E-state index is 13.1. The van der Waals surface area contributed by atoms with Gasteiger partial charge in [-0.1, -0.05) is 13.8 Å². The number of ketones is 1. The van der Waals surface area contributed by atoms with Gasteiger partial charge in [0.2, 0.25) is 0 Å². The minimum Gasteiger partial charge on any atom is -0.465 e. The standard InChI is InChI=1S/C22H29NO5/c1-6-26-9-10-27-21(25)18-14(3)23-15-11-22(4,5)12-16(24)19(15)20(18)17-8-7-13(2)28-17/h7-8,20,23H,6,9-12H2,1-5H3/t20-/m0/s1. The molecule has 1 N–H and O–H groups in total. The van der Waals surface area contributed by atoms with E-state index in [0.717, 1.165) is 17.9 Å². The highest BCUT2D eigenvalue weighted by Crippen LogP contribution is 2.47. The van der Waals surface area contributed by atoms with E-state index in [2.05, 4.69) is 19.2 Å². The monoisotopic (exact) mass is 387 g/mol. The van der Waals surface area contributed by atoms with E-state index in [9.17, 15) is 9.59 Å². The molecule has 2 aliphatic rings. The van der Waals surface area contributed by atoms with Crippen LogP contribution >= 0.6 is 0 Å². The molecule has 6 heteroatoms. The van der Waals surface area contributed by atoms with E-state index in [1.54, 1.807) is 0 Å². The van der Waals surface area contributed by atoms with Crippen molar-refractivity contribution in [3.05, 3.63) is 46.2 Å². The first-order valence-corrected chi connectivity index (χ1v) is 9.78. The van der Waals surface area contributed by atoms with Crippen molar-refractivity contribution in [3.63, 3.8) is 0 Å². The van der Waals surface area contributed by atoms with Crippen LogP contribution in [-0.2, 0) is 19.1 Å². The molecule has 0 fully saturated rings. The van der Waals surface area contributed by atoms with Crippen LogP contribution in [0.5, 0.6) is 0 Å². The highest BCUT2D eigenvalue weighted by Gasteiger charge is 2.44. The zero-order valence-electron chi connectivity index (χ0n) is 17.3. The number of ether oxygens (including phenoxy) is 2. The van der Waals surface area contributed by atoms with Gasteiger partial charge in [-0.3, -0.25) is 4.79 Å². The molecule has 0 spiro atoms. The third-order valence-corrected chi connectivity index (χ3v) is 5.17. The van der Waals surface area contributed by atoms with Crippen LogP contribution in [0.4, 0.5) is 0 Å². The second-order valence-corrected chi connectivity index (χ2v) is 8.21. The molecule has 0 amide bonds. The van der Waals surface area contributed by atoms with E-state index >= 15 is 0 Å². The summed E-state index contributed by atoms with van der Waals surface area (Å²) in [4.78, 5) is 26.0. The van der Waals surface area contributed by atoms with E-state index in [0.29, 0.717) is 42.2 Å². The van der Waals surface area contributed by atoms with Crippen LogP contribution in [0.2, 0.25) is 0 Å². The Kier molecular flexibility index (Phi) is 5.79. The van der Waals surface area contributed by atoms with Crippen molar-refractivity contribution in [2.75, 3.05) is 19.8 Å². The number of esters is 1. The fourth-order valence-electron chi connectivity index (χ4n) is 4.02. The summed E-state index contributed by atoms with van der Waals surface area (Å²) in [7, 11) is 0. The summed E-state index contributed by atoms with van der Waals surface area (Å²) < 4.78 is 16.5. The summed E-state index contributed by atoms with van der Waals surface area (Å²) in [6.45, 7) is 10.8. The second-order valence-electron chi connectivity index (χ2n) is 8.21. The molecule has 1 atom stereocenters. The number of aryl methyl sites for hydroxylation is 1. The van der Waals surface area contributed by atoms with Gasteiger partial charge < -0.3 is 19.2 Å². The van der Waals surface area contributed by atoms with E-state index in [1.807, 2.05) is 32.9 Å². The number of carbonyl (C=O) groups is 2. The molecule has 1 aromatic rings. The Morgan fingerprint density at radius 1 is 1.25 bits per heavy atom. The zero-order chi connectivity index (χ0) is 20.5. The number of hydrogen-bond donors (Lipinski definition) is 1. The minimum atomic E-state index is -0.548. The molecule has 0 saturated carbocycles. The van der Waals surface area contributed by atoms with Crippen molar-refractivity contribution in [1.82, 2.24) is 5.32 Å². The largest absolute Gasteiger partial charge is 0.465 e. The Morgan fingerprint density at radius 3 is 2.64 bits per heavy atom. The molecular formula is C22H29NO5. The van der Waals surface area contributed by atoms with E-state index in [-0.39, 0.29) is 17.8 Å². The van der Waals surface area contributed by atoms with Gasteiger partial charge >= 0.3 is 5.97 Å². The number of nitrogens with one attached hydrogen (secondary N) is 1.